The molecule has 2 aromatic rings. The van der Waals surface area contributed by atoms with Crippen molar-refractivity contribution in [2.45, 2.75) is 17.7 Å². The largest absolute Gasteiger partial charge is 0.354 e. The maximum absolute atomic E-state index is 12.1. The Hall–Kier alpha value is -3.39. The number of nitriles is 1. The van der Waals surface area contributed by atoms with Gasteiger partial charge in [-0.1, -0.05) is 0 Å². The molecule has 3 rings (SSSR count). The van der Waals surface area contributed by atoms with Crippen LogP contribution in [0.2, 0.25) is 0 Å². The van der Waals surface area contributed by atoms with Gasteiger partial charge in [0, 0.05) is 31.5 Å². The van der Waals surface area contributed by atoms with Gasteiger partial charge in [0.2, 0.25) is 5.91 Å². The lowest BCUT2D eigenvalue weighted by atomic mass is 10.2. The van der Waals surface area contributed by atoms with Gasteiger partial charge in [-0.2, -0.15) is 5.26 Å². The number of hydrogen-bond donors (Lipinski definition) is 3. The first-order valence-corrected chi connectivity index (χ1v) is 9.90. The van der Waals surface area contributed by atoms with Crippen LogP contribution in [0.4, 0.5) is 17.3 Å². The van der Waals surface area contributed by atoms with Gasteiger partial charge in [-0.05, 0) is 18.9 Å². The molecule has 1 saturated carbocycles. The minimum absolute atomic E-state index is 0.0221. The molecule has 1 unspecified atom stereocenters. The van der Waals surface area contributed by atoms with Crippen molar-refractivity contribution in [3.8, 4) is 6.07 Å². The Morgan fingerprint density at radius 2 is 2.04 bits per heavy atom. The molecule has 2 heterocycles. The summed E-state index contributed by atoms with van der Waals surface area (Å²) >= 11 is 0. The molecule has 1 atom stereocenters. The quantitative estimate of drug-likeness (QED) is 0.649. The van der Waals surface area contributed by atoms with E-state index in [1.165, 1.54) is 31.6 Å². The molecular formula is C17H17N7O3S. The number of aromatic nitrogens is 3. The van der Waals surface area contributed by atoms with Gasteiger partial charge in [0.25, 0.3) is 5.91 Å². The molecule has 0 bridgehead atoms. The second kappa shape index (κ2) is 8.10. The van der Waals surface area contributed by atoms with Crippen LogP contribution < -0.4 is 16.0 Å². The van der Waals surface area contributed by atoms with Crippen LogP contribution in [0.25, 0.3) is 0 Å². The van der Waals surface area contributed by atoms with Crippen LogP contribution in [0.15, 0.2) is 23.2 Å². The molecule has 28 heavy (non-hydrogen) atoms. The van der Waals surface area contributed by atoms with Crippen LogP contribution in [0.3, 0.4) is 0 Å². The van der Waals surface area contributed by atoms with E-state index in [2.05, 4.69) is 31.1 Å². The Bertz CT molecular complexity index is 1010. The highest BCUT2D eigenvalue weighted by molar-refractivity contribution is 7.84. The van der Waals surface area contributed by atoms with Gasteiger partial charge in [0.05, 0.1) is 26.9 Å². The molecule has 3 N–H and O–H groups in total. The number of carbonyl (C=O) groups excluding carboxylic acids is 2. The van der Waals surface area contributed by atoms with E-state index >= 15 is 0 Å². The van der Waals surface area contributed by atoms with E-state index in [1.807, 2.05) is 6.07 Å². The van der Waals surface area contributed by atoms with Crippen LogP contribution in [-0.4, -0.2) is 44.5 Å². The normalized spacial score (nSPS) is 13.9. The summed E-state index contributed by atoms with van der Waals surface area (Å²) in [6, 6.07) is 4.85. The molecule has 2 aromatic heterocycles. The zero-order valence-electron chi connectivity index (χ0n) is 15.1. The predicted octanol–water partition coefficient (Wildman–Crippen LogP) is 0.932. The van der Waals surface area contributed by atoms with Crippen molar-refractivity contribution in [1.29, 1.82) is 5.26 Å². The van der Waals surface area contributed by atoms with E-state index in [0.717, 1.165) is 12.8 Å². The van der Waals surface area contributed by atoms with Crippen molar-refractivity contribution in [2.24, 2.45) is 5.92 Å². The Labute approximate surface area is 163 Å². The Balaban J connectivity index is 1.98. The molecule has 144 valence electrons. The number of pyridine rings is 1. The summed E-state index contributed by atoms with van der Waals surface area (Å²) in [5, 5.41) is 24.8. The molecule has 10 nitrogen and oxygen atoms in total. The summed E-state index contributed by atoms with van der Waals surface area (Å²) in [4.78, 5) is 28.5. The lowest BCUT2D eigenvalue weighted by Gasteiger charge is -2.13. The van der Waals surface area contributed by atoms with E-state index < -0.39 is 16.7 Å². The van der Waals surface area contributed by atoms with E-state index in [1.54, 1.807) is 0 Å². The van der Waals surface area contributed by atoms with Crippen molar-refractivity contribution < 1.29 is 13.8 Å². The second-order valence-corrected chi connectivity index (χ2v) is 7.44. The molecule has 0 radical (unpaired) electrons. The summed E-state index contributed by atoms with van der Waals surface area (Å²) in [5.74, 6) is -0.286. The SMILES string of the molecule is CNC(=O)c1nnc(NC(=O)C2CC2)cc1Nc1ncc(C#N)cc1S(C)=O. The number of nitrogens with zero attached hydrogens (tertiary/aromatic N) is 4. The summed E-state index contributed by atoms with van der Waals surface area (Å²) < 4.78 is 12.1. The minimum atomic E-state index is -1.44. The van der Waals surface area contributed by atoms with Crippen molar-refractivity contribution >= 4 is 39.9 Å². The van der Waals surface area contributed by atoms with Crippen LogP contribution in [0.5, 0.6) is 0 Å². The third-order valence-corrected chi connectivity index (χ3v) is 4.91. The fraction of sp³-hybridized carbons (Fsp3) is 0.294. The van der Waals surface area contributed by atoms with Crippen molar-refractivity contribution in [3.63, 3.8) is 0 Å². The zero-order valence-corrected chi connectivity index (χ0v) is 16.0. The van der Waals surface area contributed by atoms with Gasteiger partial charge >= 0.3 is 0 Å². The number of rotatable bonds is 6. The number of carbonyl (C=O) groups is 2. The van der Waals surface area contributed by atoms with Crippen LogP contribution in [0, 0.1) is 17.2 Å². The summed E-state index contributed by atoms with van der Waals surface area (Å²) in [5.41, 5.74) is 0.461. The molecular weight excluding hydrogens is 382 g/mol. The summed E-state index contributed by atoms with van der Waals surface area (Å²) in [6.07, 6.45) is 4.45. The van der Waals surface area contributed by atoms with Gasteiger partial charge < -0.3 is 16.0 Å². The number of hydrogen-bond acceptors (Lipinski definition) is 8. The lowest BCUT2D eigenvalue weighted by molar-refractivity contribution is -0.117. The molecule has 0 saturated heterocycles. The molecule has 1 fully saturated rings. The van der Waals surface area contributed by atoms with Gasteiger partial charge in [0.15, 0.2) is 11.5 Å². The number of amides is 2. The van der Waals surface area contributed by atoms with E-state index in [4.69, 9.17) is 5.26 Å². The maximum Gasteiger partial charge on any atom is 0.273 e. The molecule has 0 aromatic carbocycles. The van der Waals surface area contributed by atoms with Crippen molar-refractivity contribution in [3.05, 3.63) is 29.6 Å². The Kier molecular flexibility index (Phi) is 5.60. The standard InChI is InChI=1S/C17H17N7O3S/c1-19-17(26)14-11(6-13(23-24-14)22-16(25)10-3-4-10)21-15-12(28(2)27)5-9(7-18)8-20-15/h5-6,8,10H,3-4H2,1-2H3,(H,19,26)(H2,20,21,22,23,25). The second-order valence-electron chi connectivity index (χ2n) is 6.10. The first-order valence-electron chi connectivity index (χ1n) is 8.34. The fourth-order valence-corrected chi connectivity index (χ4v) is 3.02. The summed E-state index contributed by atoms with van der Waals surface area (Å²) in [6.45, 7) is 0. The third kappa shape index (κ3) is 4.29. The van der Waals surface area contributed by atoms with Crippen molar-refractivity contribution in [1.82, 2.24) is 20.5 Å². The van der Waals surface area contributed by atoms with Gasteiger partial charge in [-0.25, -0.2) is 4.98 Å². The smallest absolute Gasteiger partial charge is 0.273 e. The first kappa shape index (κ1) is 19.4. The van der Waals surface area contributed by atoms with Crippen LogP contribution >= 0.6 is 0 Å². The molecule has 0 aliphatic heterocycles. The predicted molar refractivity (Wildman–Crippen MR) is 101 cm³/mol. The lowest BCUT2D eigenvalue weighted by Crippen LogP contribution is -2.22. The highest BCUT2D eigenvalue weighted by Crippen LogP contribution is 2.30. The number of nitrogens with one attached hydrogen (secondary N) is 3. The minimum Gasteiger partial charge on any atom is -0.354 e. The topological polar surface area (TPSA) is 150 Å². The Morgan fingerprint density at radius 1 is 1.29 bits per heavy atom. The third-order valence-electron chi connectivity index (χ3n) is 3.98. The Morgan fingerprint density at radius 3 is 2.64 bits per heavy atom. The average Bonchev–Trinajstić information content (AvgIpc) is 3.53. The number of anilines is 3. The fourth-order valence-electron chi connectivity index (χ4n) is 2.35. The van der Waals surface area contributed by atoms with Crippen LogP contribution in [-0.2, 0) is 15.6 Å². The molecule has 1 aliphatic carbocycles. The highest BCUT2D eigenvalue weighted by Gasteiger charge is 2.30. The monoisotopic (exact) mass is 399 g/mol. The maximum atomic E-state index is 12.1. The highest BCUT2D eigenvalue weighted by atomic mass is 32.2. The van der Waals surface area contributed by atoms with Gasteiger partial charge in [-0.15, -0.1) is 10.2 Å². The molecule has 11 heteroatoms. The first-order chi connectivity index (χ1) is 13.4. The van der Waals surface area contributed by atoms with Crippen LogP contribution in [0.1, 0.15) is 28.9 Å². The molecule has 1 aliphatic rings. The van der Waals surface area contributed by atoms with Gasteiger partial charge in [-0.3, -0.25) is 13.8 Å². The van der Waals surface area contributed by atoms with E-state index in [9.17, 15) is 13.8 Å². The van der Waals surface area contributed by atoms with Crippen molar-refractivity contribution in [2.75, 3.05) is 23.9 Å². The zero-order chi connectivity index (χ0) is 20.3. The average molecular weight is 399 g/mol. The van der Waals surface area contributed by atoms with Gasteiger partial charge in [0.1, 0.15) is 11.9 Å². The molecule has 0 spiro atoms. The van der Waals surface area contributed by atoms with E-state index in [-0.39, 0.29) is 40.4 Å². The van der Waals surface area contributed by atoms with E-state index in [0.29, 0.717) is 4.90 Å². The summed E-state index contributed by atoms with van der Waals surface area (Å²) in [7, 11) is 0.00751. The molecule has 2 amide bonds.